The summed E-state index contributed by atoms with van der Waals surface area (Å²) in [5.74, 6) is 0.205. The quantitative estimate of drug-likeness (QED) is 0.656. The van der Waals surface area contributed by atoms with Crippen molar-refractivity contribution in [3.8, 4) is 0 Å². The predicted octanol–water partition coefficient (Wildman–Crippen LogP) is 0.817. The Morgan fingerprint density at radius 2 is 2.36 bits per heavy atom. The van der Waals surface area contributed by atoms with Crippen molar-refractivity contribution in [2.45, 2.75) is 10.9 Å². The fourth-order valence-electron chi connectivity index (χ4n) is 0.651. The van der Waals surface area contributed by atoms with Crippen molar-refractivity contribution in [1.29, 1.82) is 0 Å². The Morgan fingerprint density at radius 3 is 2.73 bits per heavy atom. The van der Waals surface area contributed by atoms with Gasteiger partial charge in [-0.2, -0.15) is 0 Å². The van der Waals surface area contributed by atoms with Gasteiger partial charge in [-0.15, -0.1) is 11.6 Å². The van der Waals surface area contributed by atoms with E-state index in [9.17, 15) is 8.42 Å². The fraction of sp³-hybridized carbons (Fsp3) is 0.400. The highest BCUT2D eigenvalue weighted by Crippen LogP contribution is 2.14. The molecule has 0 fully saturated rings. The highest BCUT2D eigenvalue weighted by Gasteiger charge is 2.16. The summed E-state index contributed by atoms with van der Waals surface area (Å²) in [6, 6.07) is 0. The van der Waals surface area contributed by atoms with E-state index in [1.807, 2.05) is 0 Å². The Kier molecular flexibility index (Phi) is 2.20. The van der Waals surface area contributed by atoms with Gasteiger partial charge >= 0.3 is 0 Å². The lowest BCUT2D eigenvalue weighted by atomic mass is 10.6. The van der Waals surface area contributed by atoms with E-state index in [2.05, 4.69) is 4.98 Å². The number of halogens is 1. The van der Waals surface area contributed by atoms with Crippen molar-refractivity contribution in [3.05, 3.63) is 12.2 Å². The largest absolute Gasteiger partial charge is 0.446 e. The first-order valence-corrected chi connectivity index (χ1v) is 5.16. The Balaban J connectivity index is 3.24. The smallest absolute Gasteiger partial charge is 0.197 e. The second-order valence-electron chi connectivity index (χ2n) is 1.99. The van der Waals surface area contributed by atoms with Crippen LogP contribution < -0.4 is 0 Å². The molecule has 0 aromatic carbocycles. The minimum Gasteiger partial charge on any atom is -0.446 e. The minimum atomic E-state index is -3.29. The summed E-state index contributed by atoms with van der Waals surface area (Å²) < 4.78 is 26.5. The van der Waals surface area contributed by atoms with Crippen LogP contribution in [-0.2, 0) is 15.7 Å². The van der Waals surface area contributed by atoms with Crippen LogP contribution in [0.15, 0.2) is 15.8 Å². The van der Waals surface area contributed by atoms with Gasteiger partial charge in [0.25, 0.3) is 0 Å². The second kappa shape index (κ2) is 2.83. The van der Waals surface area contributed by atoms with E-state index in [1.54, 1.807) is 0 Å². The van der Waals surface area contributed by atoms with E-state index in [1.165, 1.54) is 0 Å². The minimum absolute atomic E-state index is 0.0163. The first-order chi connectivity index (χ1) is 5.05. The van der Waals surface area contributed by atoms with E-state index in [4.69, 9.17) is 16.0 Å². The highest BCUT2D eigenvalue weighted by atomic mass is 35.5. The number of hydrogen-bond donors (Lipinski definition) is 0. The van der Waals surface area contributed by atoms with Gasteiger partial charge < -0.3 is 4.42 Å². The summed E-state index contributed by atoms with van der Waals surface area (Å²) in [5.41, 5.74) is 0. The number of oxazole rings is 1. The van der Waals surface area contributed by atoms with Gasteiger partial charge in [0, 0.05) is 6.26 Å². The molecular weight excluding hydrogens is 190 g/mol. The second-order valence-corrected chi connectivity index (χ2v) is 4.18. The lowest BCUT2D eigenvalue weighted by Crippen LogP contribution is -1.99. The molecule has 1 rings (SSSR count). The van der Waals surface area contributed by atoms with Crippen molar-refractivity contribution in [3.63, 3.8) is 0 Å². The molecule has 0 N–H and O–H groups in total. The van der Waals surface area contributed by atoms with Crippen molar-refractivity contribution >= 4 is 21.4 Å². The number of aromatic nitrogens is 1. The van der Waals surface area contributed by atoms with E-state index in [-0.39, 0.29) is 16.7 Å². The molecule has 4 nitrogen and oxygen atoms in total. The number of hydrogen-bond acceptors (Lipinski definition) is 4. The molecule has 0 radical (unpaired) electrons. The zero-order valence-electron chi connectivity index (χ0n) is 5.74. The number of rotatable bonds is 2. The summed E-state index contributed by atoms with van der Waals surface area (Å²) in [7, 11) is -3.29. The van der Waals surface area contributed by atoms with Crippen LogP contribution in [-0.4, -0.2) is 19.7 Å². The van der Waals surface area contributed by atoms with Crippen molar-refractivity contribution < 1.29 is 12.8 Å². The zero-order valence-corrected chi connectivity index (χ0v) is 7.32. The average molecular weight is 196 g/mol. The summed E-state index contributed by atoms with van der Waals surface area (Å²) >= 11 is 5.38. The Morgan fingerprint density at radius 1 is 1.73 bits per heavy atom. The molecule has 1 heterocycles. The lowest BCUT2D eigenvalue weighted by Gasteiger charge is -1.91. The Labute approximate surface area is 69.1 Å². The van der Waals surface area contributed by atoms with Crippen molar-refractivity contribution in [2.75, 3.05) is 6.26 Å². The average Bonchev–Trinajstić information content (AvgIpc) is 2.31. The summed E-state index contributed by atoms with van der Waals surface area (Å²) in [6.45, 7) is 0. The monoisotopic (exact) mass is 195 g/mol. The van der Waals surface area contributed by atoms with Crippen molar-refractivity contribution in [2.24, 2.45) is 0 Å². The van der Waals surface area contributed by atoms with Crippen LogP contribution in [0.2, 0.25) is 0 Å². The first-order valence-electron chi connectivity index (χ1n) is 2.74. The van der Waals surface area contributed by atoms with Gasteiger partial charge in [0.2, 0.25) is 0 Å². The van der Waals surface area contributed by atoms with Crippen LogP contribution in [0.5, 0.6) is 0 Å². The van der Waals surface area contributed by atoms with Gasteiger partial charge in [-0.25, -0.2) is 13.4 Å². The third-order valence-corrected chi connectivity index (χ3v) is 2.35. The van der Waals surface area contributed by atoms with Crippen LogP contribution in [0.25, 0.3) is 0 Å². The Bertz CT molecular complexity index is 342. The fourth-order valence-corrected chi connectivity index (χ4v) is 1.69. The Hall–Kier alpha value is -0.550. The maximum atomic E-state index is 10.9. The summed E-state index contributed by atoms with van der Waals surface area (Å²) in [5, 5.41) is -0.0764. The molecule has 0 bridgehead atoms. The van der Waals surface area contributed by atoms with E-state index >= 15 is 0 Å². The molecule has 0 unspecified atom stereocenters. The van der Waals surface area contributed by atoms with Gasteiger partial charge in [0.1, 0.15) is 0 Å². The SMILES string of the molecule is CS(=O)(=O)c1ncoc1CCl. The topological polar surface area (TPSA) is 60.2 Å². The molecule has 0 saturated carbocycles. The first kappa shape index (κ1) is 8.55. The standard InChI is InChI=1S/C5H6ClNO3S/c1-11(8,9)5-4(2-6)10-3-7-5/h3H,2H2,1H3. The van der Waals surface area contributed by atoms with Gasteiger partial charge in [0.15, 0.2) is 27.0 Å². The van der Waals surface area contributed by atoms with Gasteiger partial charge in [-0.1, -0.05) is 0 Å². The van der Waals surface area contributed by atoms with Crippen LogP contribution in [0.3, 0.4) is 0 Å². The van der Waals surface area contributed by atoms with Crippen LogP contribution in [0.4, 0.5) is 0 Å². The lowest BCUT2D eigenvalue weighted by molar-refractivity contribution is 0.515. The third-order valence-electron chi connectivity index (χ3n) is 1.08. The maximum Gasteiger partial charge on any atom is 0.197 e. The molecular formula is C5H6ClNO3S. The molecule has 0 amide bonds. The van der Waals surface area contributed by atoms with E-state index < -0.39 is 9.84 Å². The van der Waals surface area contributed by atoms with Crippen LogP contribution in [0.1, 0.15) is 5.76 Å². The van der Waals surface area contributed by atoms with Crippen molar-refractivity contribution in [1.82, 2.24) is 4.98 Å². The molecule has 0 spiro atoms. The molecule has 6 heteroatoms. The molecule has 1 aromatic rings. The highest BCUT2D eigenvalue weighted by molar-refractivity contribution is 7.90. The van der Waals surface area contributed by atoms with Gasteiger partial charge in [-0.05, 0) is 0 Å². The van der Waals surface area contributed by atoms with Crippen LogP contribution in [0, 0.1) is 0 Å². The predicted molar refractivity (Wildman–Crippen MR) is 39.2 cm³/mol. The normalized spacial score (nSPS) is 11.8. The molecule has 0 aliphatic heterocycles. The summed E-state index contributed by atoms with van der Waals surface area (Å²) in [4.78, 5) is 3.52. The molecule has 0 atom stereocenters. The van der Waals surface area contributed by atoms with Crippen LogP contribution >= 0.6 is 11.6 Å². The summed E-state index contributed by atoms with van der Waals surface area (Å²) in [6.07, 6.45) is 2.12. The maximum absolute atomic E-state index is 10.9. The molecule has 0 aliphatic rings. The third kappa shape index (κ3) is 1.72. The number of nitrogens with zero attached hydrogens (tertiary/aromatic N) is 1. The van der Waals surface area contributed by atoms with E-state index in [0.29, 0.717) is 0 Å². The number of sulfone groups is 1. The van der Waals surface area contributed by atoms with E-state index in [0.717, 1.165) is 12.6 Å². The molecule has 62 valence electrons. The van der Waals surface area contributed by atoms with Gasteiger partial charge in [-0.3, -0.25) is 0 Å². The van der Waals surface area contributed by atoms with Gasteiger partial charge in [0.05, 0.1) is 5.88 Å². The zero-order chi connectivity index (χ0) is 8.48. The number of alkyl halides is 1. The molecule has 11 heavy (non-hydrogen) atoms. The molecule has 1 aromatic heterocycles. The molecule has 0 aliphatic carbocycles. The molecule has 0 saturated heterocycles.